The number of rotatable bonds is 5. The average Bonchev–Trinajstić information content (AvgIpc) is 3.01. The fraction of sp³-hybridized carbons (Fsp3) is 0.190. The van der Waals surface area contributed by atoms with E-state index in [9.17, 15) is 9.90 Å². The summed E-state index contributed by atoms with van der Waals surface area (Å²) in [7, 11) is 0. The van der Waals surface area contributed by atoms with Gasteiger partial charge in [0.1, 0.15) is 5.56 Å². The van der Waals surface area contributed by atoms with E-state index in [2.05, 4.69) is 11.2 Å². The van der Waals surface area contributed by atoms with Crippen LogP contribution in [0.25, 0.3) is 16.9 Å². The molecule has 2 aromatic carbocycles. The first-order valence-electron chi connectivity index (χ1n) is 8.42. The van der Waals surface area contributed by atoms with Crippen LogP contribution in [0.2, 0.25) is 0 Å². The van der Waals surface area contributed by atoms with E-state index < -0.39 is 5.97 Å². The number of nitrogens with zero attached hydrogens (tertiary/aromatic N) is 3. The first-order chi connectivity index (χ1) is 12.5. The van der Waals surface area contributed by atoms with Gasteiger partial charge in [0.2, 0.25) is 0 Å². The number of aromatic nitrogens is 2. The molecule has 1 aromatic heterocycles. The molecule has 3 aromatic rings. The van der Waals surface area contributed by atoms with Gasteiger partial charge in [0, 0.05) is 5.56 Å². The maximum atomic E-state index is 12.0. The van der Waals surface area contributed by atoms with Crippen molar-refractivity contribution >= 4 is 5.97 Å². The summed E-state index contributed by atoms with van der Waals surface area (Å²) in [4.78, 5) is 12.0. The second-order valence-corrected chi connectivity index (χ2v) is 6.51. The van der Waals surface area contributed by atoms with Crippen LogP contribution in [-0.4, -0.2) is 20.9 Å². The molecule has 0 saturated heterocycles. The van der Waals surface area contributed by atoms with Crippen molar-refractivity contribution in [2.24, 2.45) is 5.92 Å². The van der Waals surface area contributed by atoms with E-state index in [0.29, 0.717) is 23.4 Å². The minimum Gasteiger partial charge on any atom is -0.478 e. The summed E-state index contributed by atoms with van der Waals surface area (Å²) in [5.74, 6) is -0.708. The third-order valence-electron chi connectivity index (χ3n) is 4.06. The number of aromatic carboxylic acids is 1. The minimum absolute atomic E-state index is 0.231. The fourth-order valence-electron chi connectivity index (χ4n) is 2.94. The molecule has 0 atom stereocenters. The minimum atomic E-state index is -0.987. The molecule has 0 bridgehead atoms. The largest absolute Gasteiger partial charge is 0.478 e. The monoisotopic (exact) mass is 345 g/mol. The second-order valence-electron chi connectivity index (χ2n) is 6.51. The van der Waals surface area contributed by atoms with Gasteiger partial charge in [-0.3, -0.25) is 0 Å². The molecule has 1 heterocycles. The summed E-state index contributed by atoms with van der Waals surface area (Å²) in [6.07, 6.45) is 0.574. The summed E-state index contributed by atoms with van der Waals surface area (Å²) >= 11 is 0. The van der Waals surface area contributed by atoms with Crippen LogP contribution in [0.15, 0.2) is 54.6 Å². The number of carbonyl (C=O) groups is 1. The Morgan fingerprint density at radius 1 is 1.15 bits per heavy atom. The summed E-state index contributed by atoms with van der Waals surface area (Å²) in [5.41, 5.74) is 3.41. The van der Waals surface area contributed by atoms with Gasteiger partial charge in [-0.05, 0) is 36.6 Å². The molecular formula is C21H19N3O2. The molecule has 0 fully saturated rings. The maximum Gasteiger partial charge on any atom is 0.339 e. The molecule has 26 heavy (non-hydrogen) atoms. The highest BCUT2D eigenvalue weighted by Crippen LogP contribution is 2.30. The highest BCUT2D eigenvalue weighted by atomic mass is 16.4. The summed E-state index contributed by atoms with van der Waals surface area (Å²) in [6, 6.07) is 18.4. The SMILES string of the molecule is CC(C)Cc1nn(-c2ccc(C#N)cc2)c(-c2ccccc2)c1C(=O)O. The van der Waals surface area contributed by atoms with Gasteiger partial charge in [0.15, 0.2) is 0 Å². The Hall–Kier alpha value is -3.39. The predicted molar refractivity (Wildman–Crippen MR) is 99.2 cm³/mol. The molecule has 1 N–H and O–H groups in total. The van der Waals surface area contributed by atoms with E-state index in [0.717, 1.165) is 11.3 Å². The van der Waals surface area contributed by atoms with E-state index >= 15 is 0 Å². The first kappa shape index (κ1) is 17.4. The smallest absolute Gasteiger partial charge is 0.339 e. The number of hydrogen-bond donors (Lipinski definition) is 1. The zero-order chi connectivity index (χ0) is 18.7. The third kappa shape index (κ3) is 3.35. The number of carboxylic acids is 1. The van der Waals surface area contributed by atoms with Crippen LogP contribution in [0.3, 0.4) is 0 Å². The van der Waals surface area contributed by atoms with Gasteiger partial charge in [0.25, 0.3) is 0 Å². The Morgan fingerprint density at radius 3 is 2.35 bits per heavy atom. The van der Waals surface area contributed by atoms with Crippen molar-refractivity contribution in [1.29, 1.82) is 5.26 Å². The Balaban J connectivity index is 2.28. The lowest BCUT2D eigenvalue weighted by Crippen LogP contribution is -2.05. The van der Waals surface area contributed by atoms with Gasteiger partial charge >= 0.3 is 5.97 Å². The van der Waals surface area contributed by atoms with Crippen LogP contribution in [-0.2, 0) is 6.42 Å². The molecule has 0 aliphatic carbocycles. The molecule has 0 aliphatic heterocycles. The van der Waals surface area contributed by atoms with Crippen LogP contribution in [0.1, 0.15) is 35.5 Å². The van der Waals surface area contributed by atoms with Crippen LogP contribution >= 0.6 is 0 Å². The highest BCUT2D eigenvalue weighted by molar-refractivity contribution is 5.96. The molecule has 0 aliphatic rings. The van der Waals surface area contributed by atoms with Crippen molar-refractivity contribution in [2.45, 2.75) is 20.3 Å². The number of hydrogen-bond acceptors (Lipinski definition) is 3. The number of carboxylic acid groups (broad SMARTS) is 1. The van der Waals surface area contributed by atoms with E-state index in [4.69, 9.17) is 5.26 Å². The fourth-order valence-corrected chi connectivity index (χ4v) is 2.94. The molecular weight excluding hydrogens is 326 g/mol. The van der Waals surface area contributed by atoms with Crippen molar-refractivity contribution in [3.63, 3.8) is 0 Å². The van der Waals surface area contributed by atoms with E-state index in [1.165, 1.54) is 0 Å². The van der Waals surface area contributed by atoms with E-state index in [1.54, 1.807) is 28.9 Å². The standard InChI is InChI=1S/C21H19N3O2/c1-14(2)12-18-19(21(25)26)20(16-6-4-3-5-7-16)24(23-18)17-10-8-15(13-22)9-11-17/h3-11,14H,12H2,1-2H3,(H,25,26). The van der Waals surface area contributed by atoms with Crippen molar-refractivity contribution in [2.75, 3.05) is 0 Å². The molecule has 0 amide bonds. The molecule has 0 unspecified atom stereocenters. The average molecular weight is 345 g/mol. The molecule has 0 radical (unpaired) electrons. The summed E-state index contributed by atoms with van der Waals surface area (Å²) in [5, 5.41) is 23.5. The van der Waals surface area contributed by atoms with Crippen molar-refractivity contribution in [1.82, 2.24) is 9.78 Å². The summed E-state index contributed by atoms with van der Waals surface area (Å²) in [6.45, 7) is 4.07. The topological polar surface area (TPSA) is 78.9 Å². The number of nitriles is 1. The quantitative estimate of drug-likeness (QED) is 0.747. The van der Waals surface area contributed by atoms with Crippen LogP contribution in [0.5, 0.6) is 0 Å². The van der Waals surface area contributed by atoms with E-state index in [1.807, 2.05) is 44.2 Å². The Bertz CT molecular complexity index is 965. The van der Waals surface area contributed by atoms with Crippen molar-refractivity contribution in [3.8, 4) is 23.0 Å². The Kier molecular flexibility index (Phi) is 4.85. The first-order valence-corrected chi connectivity index (χ1v) is 8.42. The van der Waals surface area contributed by atoms with Gasteiger partial charge in [-0.15, -0.1) is 0 Å². The van der Waals surface area contributed by atoms with Gasteiger partial charge in [-0.25, -0.2) is 9.48 Å². The highest BCUT2D eigenvalue weighted by Gasteiger charge is 2.25. The lowest BCUT2D eigenvalue weighted by Gasteiger charge is -2.09. The predicted octanol–water partition coefficient (Wildman–Crippen LogP) is 4.31. The van der Waals surface area contributed by atoms with Gasteiger partial charge in [-0.1, -0.05) is 44.2 Å². The second kappa shape index (κ2) is 7.24. The zero-order valence-electron chi connectivity index (χ0n) is 14.7. The molecule has 0 saturated carbocycles. The Morgan fingerprint density at radius 2 is 1.81 bits per heavy atom. The molecule has 5 nitrogen and oxygen atoms in total. The maximum absolute atomic E-state index is 12.0. The van der Waals surface area contributed by atoms with E-state index in [-0.39, 0.29) is 11.5 Å². The summed E-state index contributed by atoms with van der Waals surface area (Å²) < 4.78 is 1.66. The lowest BCUT2D eigenvalue weighted by molar-refractivity contribution is 0.0696. The Labute approximate surface area is 152 Å². The molecule has 130 valence electrons. The lowest BCUT2D eigenvalue weighted by atomic mass is 10.0. The number of benzene rings is 2. The van der Waals surface area contributed by atoms with Crippen LogP contribution in [0.4, 0.5) is 0 Å². The molecule has 5 heteroatoms. The normalized spacial score (nSPS) is 10.7. The van der Waals surface area contributed by atoms with Gasteiger partial charge in [-0.2, -0.15) is 10.4 Å². The van der Waals surface area contributed by atoms with Crippen LogP contribution < -0.4 is 0 Å². The van der Waals surface area contributed by atoms with Crippen LogP contribution in [0, 0.1) is 17.2 Å². The van der Waals surface area contributed by atoms with Gasteiger partial charge < -0.3 is 5.11 Å². The van der Waals surface area contributed by atoms with Crippen molar-refractivity contribution < 1.29 is 9.90 Å². The molecule has 3 rings (SSSR count). The molecule has 0 spiro atoms. The zero-order valence-corrected chi connectivity index (χ0v) is 14.7. The van der Waals surface area contributed by atoms with Gasteiger partial charge in [0.05, 0.1) is 28.7 Å². The third-order valence-corrected chi connectivity index (χ3v) is 4.06. The van der Waals surface area contributed by atoms with Crippen molar-refractivity contribution in [3.05, 3.63) is 71.4 Å².